The van der Waals surface area contributed by atoms with E-state index in [1.54, 1.807) is 0 Å². The minimum Gasteiger partial charge on any atom is -0.489 e. The number of fused-ring (bicyclic) bond motifs is 3. The Morgan fingerprint density at radius 2 is 1.55 bits per heavy atom. The van der Waals surface area contributed by atoms with Crippen LogP contribution in [0.2, 0.25) is 0 Å². The summed E-state index contributed by atoms with van der Waals surface area (Å²) in [5, 5.41) is 54.4. The summed E-state index contributed by atoms with van der Waals surface area (Å²) >= 11 is 0. The first kappa shape index (κ1) is 38.3. The molecule has 0 bridgehead atoms. The smallest absolute Gasteiger partial charge is 0.489 e. The van der Waals surface area contributed by atoms with Crippen LogP contribution < -0.4 is 0 Å². The Morgan fingerprint density at radius 1 is 0.902 bits per heavy atom. The fraction of sp³-hybridized carbons (Fsp3) is 0.947. The number of aliphatic hydroxyl groups is 5. The molecular formula is C38H59F3O10. The molecule has 0 unspecified atom stereocenters. The van der Waals surface area contributed by atoms with E-state index in [-0.39, 0.29) is 46.2 Å². The van der Waals surface area contributed by atoms with Crippen molar-refractivity contribution in [3.8, 4) is 0 Å². The summed E-state index contributed by atoms with van der Waals surface area (Å²) in [4.78, 5) is 0. The highest BCUT2D eigenvalue weighted by molar-refractivity contribution is 5.43. The SMILES string of the molecule is C[C@H](O[C@@H]([C@H]1C[C@@H](C)C2=C(O1)[C@H](O)[C@@]1(C)[C@@H]3CC[C@H]4C(C)(C)[C@@H](O[C@@H]5OC[C@@H](O)[C@H](O)[C@H]5O)CC[C@@]45C[C@@]35CC[C@]21C)C(C)(C)O)OC(F)(F)F. The molecule has 4 saturated carbocycles. The van der Waals surface area contributed by atoms with Gasteiger partial charge in [0.05, 0.1) is 18.3 Å². The van der Waals surface area contributed by atoms with Gasteiger partial charge in [0.25, 0.3) is 0 Å². The molecule has 5 aliphatic carbocycles. The van der Waals surface area contributed by atoms with Gasteiger partial charge in [0.2, 0.25) is 0 Å². The highest BCUT2D eigenvalue weighted by Crippen LogP contribution is 2.89. The van der Waals surface area contributed by atoms with Crippen molar-refractivity contribution in [2.45, 2.75) is 174 Å². The summed E-state index contributed by atoms with van der Waals surface area (Å²) in [6.07, 6.45) is -7.53. The Bertz CT molecular complexity index is 1400. The maximum absolute atomic E-state index is 13.0. The normalized spacial score (nSPS) is 50.2. The van der Waals surface area contributed by atoms with Gasteiger partial charge in [-0.15, -0.1) is 13.2 Å². The second-order valence-corrected chi connectivity index (χ2v) is 18.8. The minimum absolute atomic E-state index is 0.0366. The van der Waals surface area contributed by atoms with E-state index in [0.717, 1.165) is 57.4 Å². The van der Waals surface area contributed by atoms with E-state index in [0.29, 0.717) is 18.1 Å². The maximum atomic E-state index is 13.0. The van der Waals surface area contributed by atoms with Crippen LogP contribution in [0.25, 0.3) is 0 Å². The van der Waals surface area contributed by atoms with Gasteiger partial charge in [-0.25, -0.2) is 0 Å². The molecule has 0 radical (unpaired) electrons. The van der Waals surface area contributed by atoms with E-state index in [4.69, 9.17) is 18.9 Å². The van der Waals surface area contributed by atoms with Gasteiger partial charge in [0.15, 0.2) is 12.6 Å². The van der Waals surface area contributed by atoms with E-state index in [1.807, 2.05) is 0 Å². The van der Waals surface area contributed by atoms with Gasteiger partial charge in [-0.3, -0.25) is 4.74 Å². The highest BCUT2D eigenvalue weighted by atomic mass is 19.4. The second-order valence-electron chi connectivity index (χ2n) is 18.8. The molecule has 0 aromatic heterocycles. The molecule has 0 aromatic carbocycles. The zero-order chi connectivity index (χ0) is 37.5. The Hall–Kier alpha value is -1.03. The Kier molecular flexibility index (Phi) is 8.99. The topological polar surface area (TPSA) is 147 Å². The van der Waals surface area contributed by atoms with Gasteiger partial charge in [-0.05, 0) is 112 Å². The molecular weight excluding hydrogens is 673 g/mol. The fourth-order valence-corrected chi connectivity index (χ4v) is 13.3. The third-order valence-corrected chi connectivity index (χ3v) is 15.6. The molecule has 7 aliphatic rings. The number of hydrogen-bond donors (Lipinski definition) is 5. The summed E-state index contributed by atoms with van der Waals surface area (Å²) in [5.41, 5.74) is -1.51. The minimum atomic E-state index is -4.91. The molecule has 0 aromatic rings. The number of halogens is 3. The lowest BCUT2D eigenvalue weighted by molar-refractivity contribution is -0.387. The molecule has 5 fully saturated rings. The zero-order valence-electron chi connectivity index (χ0n) is 31.2. The number of rotatable bonds is 7. The number of allylic oxidation sites excluding steroid dienone is 1. The van der Waals surface area contributed by atoms with E-state index >= 15 is 0 Å². The maximum Gasteiger partial charge on any atom is 0.524 e. The molecule has 0 amide bonds. The molecule has 51 heavy (non-hydrogen) atoms. The van der Waals surface area contributed by atoms with E-state index in [1.165, 1.54) is 13.8 Å². The predicted molar refractivity (Wildman–Crippen MR) is 176 cm³/mol. The van der Waals surface area contributed by atoms with Crippen molar-refractivity contribution in [1.29, 1.82) is 0 Å². The molecule has 2 spiro atoms. The predicted octanol–water partition coefficient (Wildman–Crippen LogP) is 4.93. The molecule has 7 rings (SSSR count). The number of alkyl halides is 3. The van der Waals surface area contributed by atoms with Crippen molar-refractivity contribution in [2.24, 2.45) is 44.8 Å². The average Bonchev–Trinajstić information content (AvgIpc) is 3.64. The molecule has 16 atom stereocenters. The standard InChI is InChI=1S/C38H59F3O10/c1-18-15-21(30(33(5,6)46)48-19(2)51-38(39,40)41)49-28-25(18)34(7)13-14-37-17-36(37)12-11-24(50-31-27(44)26(43)20(42)16-47-31)32(3,4)22(36)9-10-23(37)35(34,8)29(28)45/h18-24,26-27,29-31,42-46H,9-17H2,1-8H3/t18-,19-,20-,21-,22+,23+,24+,26+,27-,29+,30+,31+,34-,35-,36-,37+/m1/s1. The first-order valence-electron chi connectivity index (χ1n) is 19.0. The van der Waals surface area contributed by atoms with Crippen LogP contribution in [-0.4, -0.2) is 99.4 Å². The summed E-state index contributed by atoms with van der Waals surface area (Å²) < 4.78 is 67.6. The van der Waals surface area contributed by atoms with Gasteiger partial charge in [0.1, 0.15) is 42.4 Å². The largest absolute Gasteiger partial charge is 0.524 e. The third kappa shape index (κ3) is 5.44. The van der Waals surface area contributed by atoms with Gasteiger partial charge < -0.3 is 44.5 Å². The van der Waals surface area contributed by atoms with Crippen LogP contribution >= 0.6 is 0 Å². The van der Waals surface area contributed by atoms with Gasteiger partial charge in [-0.1, -0.05) is 34.6 Å². The molecule has 2 aliphatic heterocycles. The van der Waals surface area contributed by atoms with Crippen molar-refractivity contribution in [2.75, 3.05) is 6.61 Å². The summed E-state index contributed by atoms with van der Waals surface area (Å²) in [5.74, 6) is 0.991. The van der Waals surface area contributed by atoms with Crippen LogP contribution in [0.3, 0.4) is 0 Å². The van der Waals surface area contributed by atoms with Crippen LogP contribution in [-0.2, 0) is 23.7 Å². The van der Waals surface area contributed by atoms with Gasteiger partial charge in [0, 0.05) is 10.8 Å². The van der Waals surface area contributed by atoms with Gasteiger partial charge >= 0.3 is 6.36 Å². The van der Waals surface area contributed by atoms with Crippen LogP contribution in [0.5, 0.6) is 0 Å². The quantitative estimate of drug-likeness (QED) is 0.180. The number of aliphatic hydroxyl groups excluding tert-OH is 4. The monoisotopic (exact) mass is 732 g/mol. The van der Waals surface area contributed by atoms with E-state index in [9.17, 15) is 38.7 Å². The molecule has 10 nitrogen and oxygen atoms in total. The Balaban J connectivity index is 1.13. The molecule has 2 heterocycles. The van der Waals surface area contributed by atoms with Crippen LogP contribution in [0.15, 0.2) is 11.3 Å². The Morgan fingerprint density at radius 3 is 2.20 bits per heavy atom. The lowest BCUT2D eigenvalue weighted by Crippen LogP contribution is -2.61. The molecule has 13 heteroatoms. The van der Waals surface area contributed by atoms with Gasteiger partial charge in [-0.2, -0.15) is 0 Å². The molecule has 1 saturated heterocycles. The zero-order valence-corrected chi connectivity index (χ0v) is 31.2. The van der Waals surface area contributed by atoms with Crippen molar-refractivity contribution in [3.63, 3.8) is 0 Å². The van der Waals surface area contributed by atoms with Crippen molar-refractivity contribution in [3.05, 3.63) is 11.3 Å². The van der Waals surface area contributed by atoms with E-state index < -0.39 is 66.6 Å². The van der Waals surface area contributed by atoms with Crippen molar-refractivity contribution in [1.82, 2.24) is 0 Å². The van der Waals surface area contributed by atoms with Crippen LogP contribution in [0.1, 0.15) is 107 Å². The summed E-state index contributed by atoms with van der Waals surface area (Å²) in [6, 6.07) is 0. The average molecular weight is 733 g/mol. The number of hydrogen-bond acceptors (Lipinski definition) is 10. The molecule has 292 valence electrons. The first-order chi connectivity index (χ1) is 23.4. The lowest BCUT2D eigenvalue weighted by atomic mass is 9.41. The highest BCUT2D eigenvalue weighted by Gasteiger charge is 2.83. The van der Waals surface area contributed by atoms with E-state index in [2.05, 4.69) is 39.4 Å². The fourth-order valence-electron chi connectivity index (χ4n) is 13.3. The Labute approximate surface area is 299 Å². The van der Waals surface area contributed by atoms with Crippen molar-refractivity contribution < 1.29 is 62.4 Å². The lowest BCUT2D eigenvalue weighted by Gasteiger charge is -2.63. The summed E-state index contributed by atoms with van der Waals surface area (Å²) in [6.45, 7) is 15.1. The molecule has 5 N–H and O–H groups in total. The van der Waals surface area contributed by atoms with Crippen molar-refractivity contribution >= 4 is 0 Å². The summed E-state index contributed by atoms with van der Waals surface area (Å²) in [7, 11) is 0. The second kappa shape index (κ2) is 12.0. The van der Waals surface area contributed by atoms with Crippen LogP contribution in [0, 0.1) is 44.8 Å². The van der Waals surface area contributed by atoms with Crippen LogP contribution in [0.4, 0.5) is 13.2 Å². The first-order valence-corrected chi connectivity index (χ1v) is 19.0. The number of ether oxygens (including phenoxy) is 5. The third-order valence-electron chi connectivity index (χ3n) is 15.6.